The minimum atomic E-state index is -3.47. The number of hydrogen-bond acceptors (Lipinski definition) is 7. The number of benzene rings is 1. The average molecular weight is 480 g/mol. The standard InChI is InChI=1S/C22H29N3O5S2/c1-5-12-32(28,29)24-11-7-10-20(24)21(27)30-13-18-14-31-22(23-18)25(17(4)26)19-9-6-8-15(2)16(19)3/h6,8-9,14,20H,5,7,10-13H2,1-4H3. The Morgan fingerprint density at radius 2 is 2.06 bits per heavy atom. The summed E-state index contributed by atoms with van der Waals surface area (Å²) in [5.74, 6) is -0.708. The Hall–Kier alpha value is -2.30. The summed E-state index contributed by atoms with van der Waals surface area (Å²) >= 11 is 1.29. The lowest BCUT2D eigenvalue weighted by Gasteiger charge is -2.22. The molecule has 0 aliphatic carbocycles. The number of aryl methyl sites for hydroxylation is 1. The second-order valence-corrected chi connectivity index (χ2v) is 10.8. The number of ether oxygens (including phenoxy) is 1. The summed E-state index contributed by atoms with van der Waals surface area (Å²) in [7, 11) is -3.47. The number of rotatable bonds is 8. The van der Waals surface area contributed by atoms with Gasteiger partial charge in [-0.3, -0.25) is 14.5 Å². The maximum absolute atomic E-state index is 12.6. The van der Waals surface area contributed by atoms with Gasteiger partial charge in [0.1, 0.15) is 12.6 Å². The first-order chi connectivity index (χ1) is 15.2. The lowest BCUT2D eigenvalue weighted by Crippen LogP contribution is -2.42. The molecule has 1 unspecified atom stereocenters. The molecule has 2 aromatic rings. The van der Waals surface area contributed by atoms with Crippen LogP contribution in [-0.4, -0.2) is 47.9 Å². The quantitative estimate of drug-likeness (QED) is 0.536. The van der Waals surface area contributed by atoms with Crippen molar-refractivity contribution in [2.24, 2.45) is 0 Å². The molecular weight excluding hydrogens is 450 g/mol. The fourth-order valence-electron chi connectivity index (χ4n) is 3.78. The molecule has 32 heavy (non-hydrogen) atoms. The van der Waals surface area contributed by atoms with E-state index in [9.17, 15) is 18.0 Å². The van der Waals surface area contributed by atoms with Crippen molar-refractivity contribution < 1.29 is 22.7 Å². The van der Waals surface area contributed by atoms with Crippen LogP contribution in [0.3, 0.4) is 0 Å². The molecule has 1 amide bonds. The zero-order valence-electron chi connectivity index (χ0n) is 18.8. The smallest absolute Gasteiger partial charge is 0.324 e. The molecule has 1 fully saturated rings. The van der Waals surface area contributed by atoms with Gasteiger partial charge in [-0.2, -0.15) is 4.31 Å². The number of carbonyl (C=O) groups excluding carboxylic acids is 2. The molecule has 1 saturated heterocycles. The molecule has 1 aliphatic heterocycles. The summed E-state index contributed by atoms with van der Waals surface area (Å²) in [6.07, 6.45) is 1.58. The number of aromatic nitrogens is 1. The third-order valence-electron chi connectivity index (χ3n) is 5.52. The fraction of sp³-hybridized carbons (Fsp3) is 0.500. The molecule has 1 aromatic heterocycles. The summed E-state index contributed by atoms with van der Waals surface area (Å²) in [5, 5.41) is 2.23. The van der Waals surface area contributed by atoms with E-state index in [0.717, 1.165) is 16.8 Å². The third kappa shape index (κ3) is 5.19. The first kappa shape index (κ1) is 24.3. The highest BCUT2D eigenvalue weighted by Gasteiger charge is 2.39. The van der Waals surface area contributed by atoms with Gasteiger partial charge in [0.15, 0.2) is 5.13 Å². The summed E-state index contributed by atoms with van der Waals surface area (Å²) in [5.41, 5.74) is 3.33. The minimum Gasteiger partial charge on any atom is -0.458 e. The Labute approximate surface area is 193 Å². The molecule has 0 N–H and O–H groups in total. The van der Waals surface area contributed by atoms with Crippen molar-refractivity contribution in [3.05, 3.63) is 40.4 Å². The van der Waals surface area contributed by atoms with Crippen molar-refractivity contribution in [3.63, 3.8) is 0 Å². The largest absolute Gasteiger partial charge is 0.458 e. The summed E-state index contributed by atoms with van der Waals surface area (Å²) < 4.78 is 31.5. The number of sulfonamides is 1. The lowest BCUT2D eigenvalue weighted by atomic mass is 10.1. The predicted molar refractivity (Wildman–Crippen MR) is 124 cm³/mol. The molecule has 1 aliphatic rings. The van der Waals surface area contributed by atoms with E-state index in [1.54, 1.807) is 17.2 Å². The normalized spacial score (nSPS) is 16.8. The van der Waals surface area contributed by atoms with Crippen LogP contribution in [0.4, 0.5) is 10.8 Å². The van der Waals surface area contributed by atoms with Gasteiger partial charge in [0.05, 0.1) is 17.1 Å². The van der Waals surface area contributed by atoms with E-state index in [0.29, 0.717) is 36.6 Å². The highest BCUT2D eigenvalue weighted by Crippen LogP contribution is 2.32. The van der Waals surface area contributed by atoms with Crippen LogP contribution in [0.25, 0.3) is 0 Å². The molecule has 174 valence electrons. The Morgan fingerprint density at radius 1 is 1.31 bits per heavy atom. The van der Waals surface area contributed by atoms with Crippen LogP contribution in [0, 0.1) is 13.8 Å². The van der Waals surface area contributed by atoms with Crippen LogP contribution < -0.4 is 4.90 Å². The molecule has 0 bridgehead atoms. The van der Waals surface area contributed by atoms with Gasteiger partial charge in [0.2, 0.25) is 15.9 Å². The van der Waals surface area contributed by atoms with Crippen molar-refractivity contribution in [1.29, 1.82) is 0 Å². The lowest BCUT2D eigenvalue weighted by molar-refractivity contribution is -0.148. The summed E-state index contributed by atoms with van der Waals surface area (Å²) in [6.45, 7) is 7.48. The van der Waals surface area contributed by atoms with Crippen molar-refractivity contribution in [2.45, 2.75) is 59.6 Å². The van der Waals surface area contributed by atoms with Crippen LogP contribution >= 0.6 is 11.3 Å². The van der Waals surface area contributed by atoms with Crippen LogP contribution in [-0.2, 0) is 31.0 Å². The first-order valence-electron chi connectivity index (χ1n) is 10.6. The van der Waals surface area contributed by atoms with Gasteiger partial charge in [-0.05, 0) is 50.3 Å². The SMILES string of the molecule is CCCS(=O)(=O)N1CCCC1C(=O)OCc1csc(N(C(C)=O)c2cccc(C)c2C)n1. The van der Waals surface area contributed by atoms with Gasteiger partial charge in [0.25, 0.3) is 0 Å². The van der Waals surface area contributed by atoms with Crippen LogP contribution in [0.1, 0.15) is 49.9 Å². The molecule has 0 spiro atoms. The van der Waals surface area contributed by atoms with Crippen molar-refractivity contribution >= 4 is 44.1 Å². The molecule has 2 heterocycles. The topological polar surface area (TPSA) is 96.9 Å². The van der Waals surface area contributed by atoms with E-state index < -0.39 is 22.0 Å². The summed E-state index contributed by atoms with van der Waals surface area (Å²) in [6, 6.07) is 4.96. The second-order valence-electron chi connectivity index (χ2n) is 7.89. The Bertz CT molecular complexity index is 1100. The van der Waals surface area contributed by atoms with Gasteiger partial charge < -0.3 is 4.74 Å². The molecule has 0 radical (unpaired) electrons. The zero-order chi connectivity index (χ0) is 23.5. The number of hydrogen-bond donors (Lipinski definition) is 0. The number of esters is 1. The molecule has 3 rings (SSSR count). The predicted octanol–water partition coefficient (Wildman–Crippen LogP) is 3.69. The van der Waals surface area contributed by atoms with E-state index in [1.807, 2.05) is 32.0 Å². The van der Waals surface area contributed by atoms with E-state index in [4.69, 9.17) is 4.74 Å². The van der Waals surface area contributed by atoms with Gasteiger partial charge in [-0.25, -0.2) is 13.4 Å². The Balaban J connectivity index is 1.71. The van der Waals surface area contributed by atoms with Gasteiger partial charge in [0, 0.05) is 18.8 Å². The maximum atomic E-state index is 12.6. The molecule has 0 saturated carbocycles. The second kappa shape index (κ2) is 10.1. The Morgan fingerprint density at radius 3 is 2.75 bits per heavy atom. The first-order valence-corrected chi connectivity index (χ1v) is 13.1. The average Bonchev–Trinajstić information content (AvgIpc) is 3.40. The van der Waals surface area contributed by atoms with E-state index in [2.05, 4.69) is 4.98 Å². The van der Waals surface area contributed by atoms with Crippen molar-refractivity contribution in [2.75, 3.05) is 17.2 Å². The van der Waals surface area contributed by atoms with Crippen molar-refractivity contribution in [1.82, 2.24) is 9.29 Å². The molecule has 1 aromatic carbocycles. The van der Waals surface area contributed by atoms with Crippen LogP contribution in [0.15, 0.2) is 23.6 Å². The molecular formula is C22H29N3O5S2. The number of anilines is 2. The van der Waals surface area contributed by atoms with E-state index >= 15 is 0 Å². The fourth-order valence-corrected chi connectivity index (χ4v) is 6.38. The highest BCUT2D eigenvalue weighted by atomic mass is 32.2. The third-order valence-corrected chi connectivity index (χ3v) is 8.47. The molecule has 1 atom stereocenters. The van der Waals surface area contributed by atoms with Crippen LogP contribution in [0.2, 0.25) is 0 Å². The van der Waals surface area contributed by atoms with Crippen LogP contribution in [0.5, 0.6) is 0 Å². The minimum absolute atomic E-state index is 0.0193. The maximum Gasteiger partial charge on any atom is 0.324 e. The number of amides is 1. The van der Waals surface area contributed by atoms with Crippen molar-refractivity contribution in [3.8, 4) is 0 Å². The monoisotopic (exact) mass is 479 g/mol. The number of thiazole rings is 1. The number of carbonyl (C=O) groups is 2. The van der Waals surface area contributed by atoms with Gasteiger partial charge >= 0.3 is 5.97 Å². The Kier molecular flexibility index (Phi) is 7.68. The zero-order valence-corrected chi connectivity index (χ0v) is 20.5. The number of nitrogens with zero attached hydrogens (tertiary/aromatic N) is 3. The molecule has 8 nitrogen and oxygen atoms in total. The van der Waals surface area contributed by atoms with Gasteiger partial charge in [-0.1, -0.05) is 19.1 Å². The van der Waals surface area contributed by atoms with E-state index in [-0.39, 0.29) is 18.3 Å². The van der Waals surface area contributed by atoms with Gasteiger partial charge in [-0.15, -0.1) is 11.3 Å². The molecule has 10 heteroatoms. The highest BCUT2D eigenvalue weighted by molar-refractivity contribution is 7.89. The summed E-state index contributed by atoms with van der Waals surface area (Å²) in [4.78, 5) is 31.0. The van der Waals surface area contributed by atoms with E-state index in [1.165, 1.54) is 22.6 Å².